The Hall–Kier alpha value is -4.26. The molecule has 11 nitrogen and oxygen atoms in total. The summed E-state index contributed by atoms with van der Waals surface area (Å²) in [6, 6.07) is 4.23. The van der Waals surface area contributed by atoms with Gasteiger partial charge in [0, 0.05) is 29.4 Å². The average molecular weight is 443 g/mol. The van der Waals surface area contributed by atoms with Crippen LogP contribution in [-0.2, 0) is 11.3 Å². The van der Waals surface area contributed by atoms with Crippen LogP contribution in [0.25, 0.3) is 22.5 Å². The Bertz CT molecular complexity index is 1250. The van der Waals surface area contributed by atoms with Gasteiger partial charge >= 0.3 is 5.97 Å². The van der Waals surface area contributed by atoms with Crippen molar-refractivity contribution in [1.29, 1.82) is 0 Å². The second-order valence-electron chi connectivity index (χ2n) is 6.69. The minimum Gasteiger partial charge on any atom is -0.481 e. The molecular weight excluding hydrogens is 428 g/mol. The van der Waals surface area contributed by atoms with Crippen molar-refractivity contribution in [3.8, 4) is 34.1 Å². The summed E-state index contributed by atoms with van der Waals surface area (Å²) in [4.78, 5) is 15.7. The zero-order chi connectivity index (χ0) is 22.7. The van der Waals surface area contributed by atoms with Crippen molar-refractivity contribution >= 4 is 5.97 Å². The van der Waals surface area contributed by atoms with Gasteiger partial charge in [-0.25, -0.2) is 13.8 Å². The number of carbonyl (C=O) groups is 1. The smallest absolute Gasteiger partial charge is 0.304 e. The molecule has 3 heterocycles. The molecule has 4 aromatic rings. The number of pyridine rings is 1. The van der Waals surface area contributed by atoms with E-state index < -0.39 is 23.6 Å². The van der Waals surface area contributed by atoms with Crippen LogP contribution in [0.5, 0.6) is 11.6 Å². The first-order chi connectivity index (χ1) is 15.4. The largest absolute Gasteiger partial charge is 0.481 e. The summed E-state index contributed by atoms with van der Waals surface area (Å²) in [5.41, 5.74) is 6.69. The zero-order valence-electron chi connectivity index (χ0n) is 16.2. The van der Waals surface area contributed by atoms with Crippen molar-refractivity contribution < 1.29 is 27.9 Å². The van der Waals surface area contributed by atoms with E-state index in [1.807, 2.05) is 0 Å². The fourth-order valence-corrected chi connectivity index (χ4v) is 2.79. The highest BCUT2D eigenvalue weighted by molar-refractivity contribution is 5.67. The van der Waals surface area contributed by atoms with E-state index in [-0.39, 0.29) is 36.0 Å². The molecular formula is C19H15F2N7O4. The van der Waals surface area contributed by atoms with E-state index in [1.54, 1.807) is 0 Å². The Morgan fingerprint density at radius 3 is 2.75 bits per heavy atom. The minimum absolute atomic E-state index is 0.00205. The Labute approximate surface area is 178 Å². The lowest BCUT2D eigenvalue weighted by atomic mass is 10.2. The number of hydrogen-bond donors (Lipinski definition) is 2. The van der Waals surface area contributed by atoms with Crippen LogP contribution >= 0.6 is 0 Å². The van der Waals surface area contributed by atoms with Crippen LogP contribution in [0.2, 0.25) is 0 Å². The molecule has 3 N–H and O–H groups in total. The summed E-state index contributed by atoms with van der Waals surface area (Å²) in [5, 5.41) is 23.8. The van der Waals surface area contributed by atoms with E-state index >= 15 is 0 Å². The molecule has 32 heavy (non-hydrogen) atoms. The molecule has 1 aromatic carbocycles. The van der Waals surface area contributed by atoms with Crippen molar-refractivity contribution in [2.45, 2.75) is 19.0 Å². The van der Waals surface area contributed by atoms with E-state index in [1.165, 1.54) is 36.9 Å². The van der Waals surface area contributed by atoms with E-state index in [4.69, 9.17) is 20.1 Å². The molecule has 164 valence electrons. The van der Waals surface area contributed by atoms with Gasteiger partial charge in [-0.2, -0.15) is 4.80 Å². The molecule has 0 saturated carbocycles. The molecule has 13 heteroatoms. The minimum atomic E-state index is -1.06. The second-order valence-corrected chi connectivity index (χ2v) is 6.69. The number of halogens is 2. The summed E-state index contributed by atoms with van der Waals surface area (Å²) >= 11 is 0. The number of carboxylic acids is 1. The Kier molecular flexibility index (Phi) is 5.81. The number of aliphatic carboxylic acids is 1. The number of ether oxygens (including phenoxy) is 1. The van der Waals surface area contributed by atoms with Gasteiger partial charge in [0.15, 0.2) is 5.82 Å². The molecule has 0 bridgehead atoms. The number of carboxylic acid groups (broad SMARTS) is 1. The quantitative estimate of drug-likeness (QED) is 0.414. The lowest BCUT2D eigenvalue weighted by molar-refractivity contribution is -0.137. The van der Waals surface area contributed by atoms with Crippen molar-refractivity contribution in [2.75, 3.05) is 0 Å². The monoisotopic (exact) mass is 443 g/mol. The van der Waals surface area contributed by atoms with Crippen molar-refractivity contribution in [2.24, 2.45) is 5.73 Å². The summed E-state index contributed by atoms with van der Waals surface area (Å²) in [6.45, 7) is -0.00205. The van der Waals surface area contributed by atoms with Crippen molar-refractivity contribution in [3.05, 3.63) is 54.6 Å². The van der Waals surface area contributed by atoms with Crippen LogP contribution in [0, 0.1) is 11.6 Å². The molecule has 0 aliphatic heterocycles. The van der Waals surface area contributed by atoms with E-state index in [9.17, 15) is 13.6 Å². The predicted molar refractivity (Wildman–Crippen MR) is 103 cm³/mol. The second kappa shape index (κ2) is 8.85. The number of hydrogen-bond acceptors (Lipinski definition) is 9. The van der Waals surface area contributed by atoms with Crippen LogP contribution in [-0.4, -0.2) is 47.5 Å². The highest BCUT2D eigenvalue weighted by Crippen LogP contribution is 2.29. The third-order valence-electron chi connectivity index (χ3n) is 4.26. The third kappa shape index (κ3) is 4.73. The van der Waals surface area contributed by atoms with Gasteiger partial charge in [-0.3, -0.25) is 4.79 Å². The number of rotatable bonds is 8. The summed E-state index contributed by atoms with van der Waals surface area (Å²) in [7, 11) is 0. The highest BCUT2D eigenvalue weighted by Gasteiger charge is 2.16. The van der Waals surface area contributed by atoms with Gasteiger partial charge in [-0.05, 0) is 23.4 Å². The fraction of sp³-hybridized carbons (Fsp3) is 0.158. The van der Waals surface area contributed by atoms with Crippen LogP contribution in [0.15, 0.2) is 47.4 Å². The number of aromatic nitrogens is 6. The van der Waals surface area contributed by atoms with Crippen LogP contribution in [0.4, 0.5) is 8.78 Å². The molecule has 0 aliphatic carbocycles. The van der Waals surface area contributed by atoms with Gasteiger partial charge in [-0.1, -0.05) is 5.16 Å². The molecule has 0 spiro atoms. The molecule has 0 saturated heterocycles. The predicted octanol–water partition coefficient (Wildman–Crippen LogP) is 2.26. The summed E-state index contributed by atoms with van der Waals surface area (Å²) < 4.78 is 39.0. The molecule has 3 aromatic heterocycles. The van der Waals surface area contributed by atoms with E-state index in [2.05, 4.69) is 25.6 Å². The number of nitrogens with zero attached hydrogens (tertiary/aromatic N) is 6. The zero-order valence-corrected chi connectivity index (χ0v) is 16.2. The van der Waals surface area contributed by atoms with Crippen LogP contribution < -0.4 is 10.5 Å². The number of nitrogens with two attached hydrogens (primary N) is 1. The van der Waals surface area contributed by atoms with Gasteiger partial charge in [0.1, 0.15) is 17.8 Å². The van der Waals surface area contributed by atoms with Gasteiger partial charge in [0.05, 0.1) is 24.7 Å². The molecule has 1 atom stereocenters. The SMILES string of the molecule is NC(CC(=O)O)Cn1nnc(-c2ccc(Oc3ncc(-c4cnoc4)cc3F)cc2F)n1. The van der Waals surface area contributed by atoms with Gasteiger partial charge in [0.25, 0.3) is 5.88 Å². The summed E-state index contributed by atoms with van der Waals surface area (Å²) in [5.74, 6) is -2.91. The third-order valence-corrected chi connectivity index (χ3v) is 4.26. The standard InChI is InChI=1S/C19H15F2N7O4/c20-15-5-13(32-19-16(21)3-10(6-23-19)11-7-24-31-9-11)1-2-14(15)18-25-27-28(26-18)8-12(22)4-17(29)30/h1-3,5-7,9,12H,4,8,22H2,(H,29,30). The first-order valence-electron chi connectivity index (χ1n) is 9.17. The van der Waals surface area contributed by atoms with Crippen LogP contribution in [0.1, 0.15) is 6.42 Å². The topological polar surface area (TPSA) is 155 Å². The molecule has 0 radical (unpaired) electrons. The Morgan fingerprint density at radius 1 is 1.22 bits per heavy atom. The van der Waals surface area contributed by atoms with Crippen molar-refractivity contribution in [1.82, 2.24) is 30.3 Å². The molecule has 4 rings (SSSR count). The lowest BCUT2D eigenvalue weighted by Crippen LogP contribution is -2.30. The maximum absolute atomic E-state index is 14.6. The molecule has 0 aliphatic rings. The fourth-order valence-electron chi connectivity index (χ4n) is 2.79. The first-order valence-corrected chi connectivity index (χ1v) is 9.17. The average Bonchev–Trinajstić information content (AvgIpc) is 3.41. The first kappa shape index (κ1) is 21.0. The summed E-state index contributed by atoms with van der Waals surface area (Å²) in [6.07, 6.45) is 3.85. The van der Waals surface area contributed by atoms with Gasteiger partial charge in [-0.15, -0.1) is 10.2 Å². The molecule has 1 unspecified atom stereocenters. The van der Waals surface area contributed by atoms with E-state index in [0.717, 1.165) is 10.9 Å². The lowest BCUT2D eigenvalue weighted by Gasteiger charge is -2.08. The highest BCUT2D eigenvalue weighted by atomic mass is 19.1. The molecule has 0 fully saturated rings. The van der Waals surface area contributed by atoms with Crippen LogP contribution in [0.3, 0.4) is 0 Å². The maximum atomic E-state index is 14.6. The maximum Gasteiger partial charge on any atom is 0.304 e. The Morgan fingerprint density at radius 2 is 2.06 bits per heavy atom. The normalized spacial score (nSPS) is 12.0. The van der Waals surface area contributed by atoms with E-state index in [0.29, 0.717) is 11.1 Å². The van der Waals surface area contributed by atoms with Gasteiger partial charge < -0.3 is 20.1 Å². The van der Waals surface area contributed by atoms with Crippen molar-refractivity contribution in [3.63, 3.8) is 0 Å². The van der Waals surface area contributed by atoms with Gasteiger partial charge in [0.2, 0.25) is 5.82 Å². The number of tetrazole rings is 1. The number of benzene rings is 1. The Balaban J connectivity index is 1.48. The molecule has 0 amide bonds.